The van der Waals surface area contributed by atoms with Gasteiger partial charge in [-0.05, 0) is 42.5 Å². The SMILES string of the molecule is COc1cc2c(=O)n(CCC(=O)NCc3ccco3)c(=O)n(CC(=O)Nc3ccc(F)cc3)c2cc1OC. The summed E-state index contributed by atoms with van der Waals surface area (Å²) in [6.07, 6.45) is 1.31. The molecule has 0 aliphatic rings. The van der Waals surface area contributed by atoms with Crippen molar-refractivity contribution in [2.24, 2.45) is 0 Å². The molecule has 0 unspecified atom stereocenters. The molecule has 0 saturated carbocycles. The van der Waals surface area contributed by atoms with Crippen molar-refractivity contribution in [3.8, 4) is 11.5 Å². The summed E-state index contributed by atoms with van der Waals surface area (Å²) in [6, 6.07) is 11.4. The molecule has 2 N–H and O–H groups in total. The fourth-order valence-corrected chi connectivity index (χ4v) is 3.87. The Balaban J connectivity index is 1.67. The van der Waals surface area contributed by atoms with E-state index in [0.29, 0.717) is 11.4 Å². The number of hydrogen-bond acceptors (Lipinski definition) is 7. The Morgan fingerprint density at radius 1 is 0.974 bits per heavy atom. The molecule has 0 spiro atoms. The first-order chi connectivity index (χ1) is 18.3. The molecule has 11 nitrogen and oxygen atoms in total. The third-order valence-corrected chi connectivity index (χ3v) is 5.76. The van der Waals surface area contributed by atoms with Crippen LogP contribution < -0.4 is 31.4 Å². The molecular formula is C26H25FN4O7. The maximum Gasteiger partial charge on any atom is 0.331 e. The smallest absolute Gasteiger partial charge is 0.331 e. The van der Waals surface area contributed by atoms with E-state index in [1.54, 1.807) is 12.1 Å². The van der Waals surface area contributed by atoms with Crippen LogP contribution in [0.1, 0.15) is 12.2 Å². The molecule has 2 aromatic carbocycles. The topological polar surface area (TPSA) is 134 Å². The van der Waals surface area contributed by atoms with Crippen LogP contribution in [0.4, 0.5) is 10.1 Å². The van der Waals surface area contributed by atoms with Crippen LogP contribution in [0.15, 0.2) is 68.8 Å². The zero-order valence-electron chi connectivity index (χ0n) is 20.7. The number of fused-ring (bicyclic) bond motifs is 1. The number of hydrogen-bond donors (Lipinski definition) is 2. The average Bonchev–Trinajstić information content (AvgIpc) is 3.44. The number of furan rings is 1. The Morgan fingerprint density at radius 2 is 1.68 bits per heavy atom. The fourth-order valence-electron chi connectivity index (χ4n) is 3.87. The summed E-state index contributed by atoms with van der Waals surface area (Å²) in [4.78, 5) is 51.9. The molecule has 198 valence electrons. The number of aromatic nitrogens is 2. The first-order valence-corrected chi connectivity index (χ1v) is 11.5. The number of carbonyl (C=O) groups excluding carboxylic acids is 2. The summed E-state index contributed by atoms with van der Waals surface area (Å²) in [5, 5.41) is 5.34. The molecule has 2 amide bonds. The van der Waals surface area contributed by atoms with Crippen LogP contribution in [0, 0.1) is 5.82 Å². The standard InChI is InChI=1S/C26H25FN4O7/c1-36-21-12-19-20(13-22(21)37-2)31(15-24(33)29-17-7-5-16(27)6-8-17)26(35)30(25(19)34)10-9-23(32)28-14-18-4-3-11-38-18/h3-8,11-13H,9-10,14-15H2,1-2H3,(H,28,32)(H,29,33). The Bertz CT molecular complexity index is 1570. The number of nitrogens with one attached hydrogen (secondary N) is 2. The number of benzene rings is 2. The van der Waals surface area contributed by atoms with Gasteiger partial charge in [0.1, 0.15) is 18.1 Å². The van der Waals surface area contributed by atoms with E-state index in [2.05, 4.69) is 10.6 Å². The molecule has 0 atom stereocenters. The molecule has 0 aliphatic carbocycles. The number of carbonyl (C=O) groups is 2. The van der Waals surface area contributed by atoms with Crippen LogP contribution in [0.5, 0.6) is 11.5 Å². The van der Waals surface area contributed by atoms with Gasteiger partial charge in [-0.15, -0.1) is 0 Å². The van der Waals surface area contributed by atoms with Gasteiger partial charge in [0, 0.05) is 24.7 Å². The molecule has 4 aromatic rings. The number of anilines is 1. The quantitative estimate of drug-likeness (QED) is 0.325. The third kappa shape index (κ3) is 5.75. The van der Waals surface area contributed by atoms with Gasteiger partial charge >= 0.3 is 5.69 Å². The van der Waals surface area contributed by atoms with Crippen molar-refractivity contribution in [2.75, 3.05) is 19.5 Å². The zero-order valence-corrected chi connectivity index (χ0v) is 20.7. The van der Waals surface area contributed by atoms with E-state index in [0.717, 1.165) is 9.13 Å². The van der Waals surface area contributed by atoms with Gasteiger partial charge in [-0.1, -0.05) is 0 Å². The first kappa shape index (κ1) is 26.2. The number of amides is 2. The van der Waals surface area contributed by atoms with E-state index in [9.17, 15) is 23.6 Å². The molecule has 2 heterocycles. The number of nitrogens with zero attached hydrogens (tertiary/aromatic N) is 2. The van der Waals surface area contributed by atoms with Gasteiger partial charge in [0.25, 0.3) is 5.56 Å². The molecule has 4 rings (SSSR count). The van der Waals surface area contributed by atoms with E-state index < -0.39 is 35.4 Å². The van der Waals surface area contributed by atoms with Crippen molar-refractivity contribution < 1.29 is 27.9 Å². The van der Waals surface area contributed by atoms with Crippen LogP contribution in [0.25, 0.3) is 10.9 Å². The first-order valence-electron chi connectivity index (χ1n) is 11.5. The second-order valence-electron chi connectivity index (χ2n) is 8.21. The average molecular weight is 525 g/mol. The van der Waals surface area contributed by atoms with Crippen LogP contribution >= 0.6 is 0 Å². The number of ether oxygens (including phenoxy) is 2. The Morgan fingerprint density at radius 3 is 2.34 bits per heavy atom. The molecule has 0 fully saturated rings. The van der Waals surface area contributed by atoms with Crippen molar-refractivity contribution >= 4 is 28.4 Å². The van der Waals surface area contributed by atoms with Crippen LogP contribution in [0.2, 0.25) is 0 Å². The Hall–Kier alpha value is -4.87. The lowest BCUT2D eigenvalue weighted by molar-refractivity contribution is -0.121. The summed E-state index contributed by atoms with van der Waals surface area (Å²) in [5.41, 5.74) is -0.970. The van der Waals surface area contributed by atoms with Crippen molar-refractivity contribution in [3.63, 3.8) is 0 Å². The molecule has 38 heavy (non-hydrogen) atoms. The Kier molecular flexibility index (Phi) is 7.90. The van der Waals surface area contributed by atoms with E-state index in [1.165, 1.54) is 56.9 Å². The van der Waals surface area contributed by atoms with Crippen molar-refractivity contribution in [1.29, 1.82) is 0 Å². The molecule has 0 radical (unpaired) electrons. The van der Waals surface area contributed by atoms with E-state index in [-0.39, 0.29) is 41.9 Å². The molecule has 2 aromatic heterocycles. The lowest BCUT2D eigenvalue weighted by Gasteiger charge is -2.16. The van der Waals surface area contributed by atoms with Gasteiger partial charge in [-0.2, -0.15) is 0 Å². The van der Waals surface area contributed by atoms with Gasteiger partial charge in [0.15, 0.2) is 11.5 Å². The minimum atomic E-state index is -0.789. The highest BCUT2D eigenvalue weighted by Crippen LogP contribution is 2.30. The molecule has 0 saturated heterocycles. The van der Waals surface area contributed by atoms with Gasteiger partial charge in [-0.3, -0.25) is 23.5 Å². The highest BCUT2D eigenvalue weighted by atomic mass is 19.1. The molecule has 0 aliphatic heterocycles. The Labute approximate surface area is 215 Å². The minimum absolute atomic E-state index is 0.0906. The van der Waals surface area contributed by atoms with Crippen molar-refractivity contribution in [2.45, 2.75) is 26.1 Å². The lowest BCUT2D eigenvalue weighted by Crippen LogP contribution is -2.42. The van der Waals surface area contributed by atoms with Gasteiger partial charge < -0.3 is 24.5 Å². The predicted octanol–water partition coefficient (Wildman–Crippen LogP) is 2.26. The fraction of sp³-hybridized carbons (Fsp3) is 0.231. The number of halogens is 1. The van der Waals surface area contributed by atoms with E-state index in [1.807, 2.05) is 0 Å². The summed E-state index contributed by atoms with van der Waals surface area (Å²) >= 11 is 0. The van der Waals surface area contributed by atoms with Gasteiger partial charge in [0.2, 0.25) is 11.8 Å². The predicted molar refractivity (Wildman–Crippen MR) is 136 cm³/mol. The second-order valence-corrected chi connectivity index (χ2v) is 8.21. The normalized spacial score (nSPS) is 10.8. The highest BCUT2D eigenvalue weighted by Gasteiger charge is 2.19. The summed E-state index contributed by atoms with van der Waals surface area (Å²) in [6.45, 7) is -0.540. The summed E-state index contributed by atoms with van der Waals surface area (Å²) < 4.78 is 31.0. The van der Waals surface area contributed by atoms with E-state index >= 15 is 0 Å². The van der Waals surface area contributed by atoms with Crippen LogP contribution in [-0.2, 0) is 29.2 Å². The van der Waals surface area contributed by atoms with Gasteiger partial charge in [0.05, 0.1) is 37.9 Å². The third-order valence-electron chi connectivity index (χ3n) is 5.76. The molecular weight excluding hydrogens is 499 g/mol. The molecule has 0 bridgehead atoms. The van der Waals surface area contributed by atoms with Crippen molar-refractivity contribution in [1.82, 2.24) is 14.5 Å². The van der Waals surface area contributed by atoms with Gasteiger partial charge in [-0.25, -0.2) is 9.18 Å². The van der Waals surface area contributed by atoms with E-state index in [4.69, 9.17) is 13.9 Å². The second kappa shape index (κ2) is 11.5. The molecule has 12 heteroatoms. The highest BCUT2D eigenvalue weighted by molar-refractivity contribution is 5.92. The summed E-state index contributed by atoms with van der Waals surface area (Å²) in [7, 11) is 2.80. The minimum Gasteiger partial charge on any atom is -0.493 e. The largest absolute Gasteiger partial charge is 0.493 e. The monoisotopic (exact) mass is 524 g/mol. The van der Waals surface area contributed by atoms with Crippen molar-refractivity contribution in [3.05, 3.63) is 87.2 Å². The van der Waals surface area contributed by atoms with Crippen LogP contribution in [-0.4, -0.2) is 35.2 Å². The lowest BCUT2D eigenvalue weighted by atomic mass is 10.2. The summed E-state index contributed by atoms with van der Waals surface area (Å²) in [5.74, 6) is -0.400. The zero-order chi connectivity index (χ0) is 27.2. The number of rotatable bonds is 10. The van der Waals surface area contributed by atoms with Crippen LogP contribution in [0.3, 0.4) is 0 Å². The maximum atomic E-state index is 13.4. The maximum absolute atomic E-state index is 13.4. The number of methoxy groups -OCH3 is 2.